The molecule has 5 heteroatoms. The number of rotatable bonds is 4. The number of hydrogen-bond acceptors (Lipinski definition) is 4. The molecule has 0 radical (unpaired) electrons. The fraction of sp³-hybridized carbons (Fsp3) is 0.467. The molecule has 1 aliphatic heterocycles. The quantitative estimate of drug-likeness (QED) is 0.927. The minimum atomic E-state index is 0.726. The summed E-state index contributed by atoms with van der Waals surface area (Å²) in [4.78, 5) is 2.10. The van der Waals surface area contributed by atoms with Crippen LogP contribution in [0.5, 0.6) is 0 Å². The Kier molecular flexibility index (Phi) is 3.58. The number of aryl methyl sites for hydroxylation is 1. The van der Waals surface area contributed by atoms with E-state index in [9.17, 15) is 0 Å². The number of hydrogen-bond donors (Lipinski definition) is 1. The van der Waals surface area contributed by atoms with E-state index in [0.717, 1.165) is 36.8 Å². The van der Waals surface area contributed by atoms with Crippen molar-refractivity contribution in [1.82, 2.24) is 14.8 Å². The topological polar surface area (TPSA) is 46.0 Å². The van der Waals surface area contributed by atoms with E-state index in [-0.39, 0.29) is 0 Å². The Morgan fingerprint density at radius 1 is 1.25 bits per heavy atom. The van der Waals surface area contributed by atoms with Crippen LogP contribution in [0.15, 0.2) is 24.3 Å². The van der Waals surface area contributed by atoms with Gasteiger partial charge in [0, 0.05) is 38.4 Å². The van der Waals surface area contributed by atoms with Crippen LogP contribution < -0.4 is 10.2 Å². The van der Waals surface area contributed by atoms with E-state index in [2.05, 4.69) is 49.2 Å². The summed E-state index contributed by atoms with van der Waals surface area (Å²) in [6.45, 7) is 1.78. The molecule has 1 N–H and O–H groups in total. The molecule has 0 saturated heterocycles. The lowest BCUT2D eigenvalue weighted by atomic mass is 10.2. The van der Waals surface area contributed by atoms with Crippen molar-refractivity contribution in [2.45, 2.75) is 32.4 Å². The van der Waals surface area contributed by atoms with Gasteiger partial charge in [0.15, 0.2) is 5.82 Å². The Bertz CT molecular complexity index is 588. The second-order valence-electron chi connectivity index (χ2n) is 5.44. The summed E-state index contributed by atoms with van der Waals surface area (Å²) in [6.07, 6.45) is 3.52. The van der Waals surface area contributed by atoms with Gasteiger partial charge in [0.1, 0.15) is 5.82 Å². The normalized spacial score (nSPS) is 13.9. The molecule has 1 aliphatic rings. The number of anilines is 2. The monoisotopic (exact) mass is 271 g/mol. The van der Waals surface area contributed by atoms with Crippen LogP contribution in [-0.2, 0) is 19.5 Å². The lowest BCUT2D eigenvalue weighted by molar-refractivity contribution is 0.510. The van der Waals surface area contributed by atoms with E-state index in [1.807, 2.05) is 14.1 Å². The average molecular weight is 271 g/mol. The van der Waals surface area contributed by atoms with Crippen LogP contribution in [0.2, 0.25) is 0 Å². The van der Waals surface area contributed by atoms with E-state index in [1.54, 1.807) is 0 Å². The van der Waals surface area contributed by atoms with Crippen LogP contribution in [0, 0.1) is 0 Å². The molecule has 0 saturated carbocycles. The molecule has 2 aromatic rings. The van der Waals surface area contributed by atoms with Gasteiger partial charge in [-0.25, -0.2) is 0 Å². The Balaban J connectivity index is 1.70. The van der Waals surface area contributed by atoms with Gasteiger partial charge in [0.25, 0.3) is 0 Å². The highest BCUT2D eigenvalue weighted by Gasteiger charge is 2.15. The molecule has 1 aromatic carbocycles. The first kappa shape index (κ1) is 13.0. The largest absolute Gasteiger partial charge is 0.378 e. The van der Waals surface area contributed by atoms with Crippen molar-refractivity contribution in [2.75, 3.05) is 24.3 Å². The Morgan fingerprint density at radius 3 is 3.00 bits per heavy atom. The summed E-state index contributed by atoms with van der Waals surface area (Å²) < 4.78 is 2.26. The zero-order valence-electron chi connectivity index (χ0n) is 12.1. The molecule has 2 heterocycles. The van der Waals surface area contributed by atoms with E-state index in [0.29, 0.717) is 0 Å². The van der Waals surface area contributed by atoms with Crippen molar-refractivity contribution >= 4 is 11.4 Å². The highest BCUT2D eigenvalue weighted by Crippen LogP contribution is 2.19. The first-order chi connectivity index (χ1) is 9.74. The van der Waals surface area contributed by atoms with Crippen molar-refractivity contribution in [1.29, 1.82) is 0 Å². The molecule has 106 valence electrons. The summed E-state index contributed by atoms with van der Waals surface area (Å²) in [6, 6.07) is 8.40. The van der Waals surface area contributed by atoms with Crippen molar-refractivity contribution in [3.05, 3.63) is 35.9 Å². The van der Waals surface area contributed by atoms with E-state index in [1.165, 1.54) is 18.5 Å². The maximum atomic E-state index is 4.31. The van der Waals surface area contributed by atoms with Gasteiger partial charge in [-0.2, -0.15) is 0 Å². The predicted molar refractivity (Wildman–Crippen MR) is 81.1 cm³/mol. The Hall–Kier alpha value is -2.04. The molecule has 0 spiro atoms. The lowest BCUT2D eigenvalue weighted by Gasteiger charge is -2.16. The van der Waals surface area contributed by atoms with Gasteiger partial charge in [-0.3, -0.25) is 0 Å². The molecule has 3 rings (SSSR count). The molecule has 0 bridgehead atoms. The number of nitrogens with zero attached hydrogens (tertiary/aromatic N) is 4. The minimum Gasteiger partial charge on any atom is -0.378 e. The van der Waals surface area contributed by atoms with Gasteiger partial charge in [-0.15, -0.1) is 10.2 Å². The van der Waals surface area contributed by atoms with Crippen molar-refractivity contribution in [3.8, 4) is 0 Å². The molecule has 5 nitrogen and oxygen atoms in total. The van der Waals surface area contributed by atoms with Crippen LogP contribution in [-0.4, -0.2) is 28.9 Å². The number of nitrogens with one attached hydrogen (secondary N) is 1. The Morgan fingerprint density at radius 2 is 2.15 bits per heavy atom. The summed E-state index contributed by atoms with van der Waals surface area (Å²) in [7, 11) is 4.10. The molecule has 0 amide bonds. The minimum absolute atomic E-state index is 0.726. The van der Waals surface area contributed by atoms with Crippen LogP contribution in [0.1, 0.15) is 24.5 Å². The third-order valence-electron chi connectivity index (χ3n) is 3.75. The third-order valence-corrected chi connectivity index (χ3v) is 3.75. The first-order valence-electron chi connectivity index (χ1n) is 7.16. The molecule has 0 aliphatic carbocycles. The maximum Gasteiger partial charge on any atom is 0.152 e. The van der Waals surface area contributed by atoms with E-state index < -0.39 is 0 Å². The lowest BCUT2D eigenvalue weighted by Crippen LogP contribution is -2.15. The van der Waals surface area contributed by atoms with Crippen LogP contribution in [0.3, 0.4) is 0 Å². The first-order valence-corrected chi connectivity index (χ1v) is 7.16. The van der Waals surface area contributed by atoms with Gasteiger partial charge < -0.3 is 14.8 Å². The van der Waals surface area contributed by atoms with Gasteiger partial charge >= 0.3 is 0 Å². The second kappa shape index (κ2) is 5.53. The van der Waals surface area contributed by atoms with Gasteiger partial charge in [-0.1, -0.05) is 6.07 Å². The van der Waals surface area contributed by atoms with Crippen molar-refractivity contribution < 1.29 is 0 Å². The van der Waals surface area contributed by atoms with Crippen LogP contribution in [0.4, 0.5) is 11.4 Å². The summed E-state index contributed by atoms with van der Waals surface area (Å²) in [5, 5.41) is 12.0. The molecular formula is C15H21N5. The second-order valence-corrected chi connectivity index (χ2v) is 5.44. The van der Waals surface area contributed by atoms with Gasteiger partial charge in [0.05, 0.1) is 6.54 Å². The zero-order chi connectivity index (χ0) is 13.9. The molecule has 1 aromatic heterocycles. The highest BCUT2D eigenvalue weighted by atomic mass is 15.3. The third kappa shape index (κ3) is 2.61. The molecular weight excluding hydrogens is 250 g/mol. The fourth-order valence-corrected chi connectivity index (χ4v) is 2.57. The summed E-state index contributed by atoms with van der Waals surface area (Å²) in [5.74, 6) is 2.17. The Labute approximate surface area is 119 Å². The van der Waals surface area contributed by atoms with Gasteiger partial charge in [-0.05, 0) is 31.0 Å². The molecule has 0 unspecified atom stereocenters. The van der Waals surface area contributed by atoms with Gasteiger partial charge in [0.2, 0.25) is 0 Å². The molecule has 20 heavy (non-hydrogen) atoms. The van der Waals surface area contributed by atoms with Crippen LogP contribution >= 0.6 is 0 Å². The number of benzene rings is 1. The van der Waals surface area contributed by atoms with E-state index in [4.69, 9.17) is 0 Å². The molecule has 0 fully saturated rings. The average Bonchev–Trinajstić information content (AvgIpc) is 2.89. The standard InChI is InChI=1S/C15H21N5/c1-19(2)13-7-5-6-12(10-13)16-11-15-18-17-14-8-3-4-9-20(14)15/h5-7,10,16H,3-4,8-9,11H2,1-2H3. The number of fused-ring (bicyclic) bond motifs is 1. The smallest absolute Gasteiger partial charge is 0.152 e. The fourth-order valence-electron chi connectivity index (χ4n) is 2.57. The highest BCUT2D eigenvalue weighted by molar-refractivity contribution is 5.57. The summed E-state index contributed by atoms with van der Waals surface area (Å²) in [5.41, 5.74) is 2.31. The maximum absolute atomic E-state index is 4.31. The number of aromatic nitrogens is 3. The molecule has 0 atom stereocenters. The van der Waals surface area contributed by atoms with Crippen LogP contribution in [0.25, 0.3) is 0 Å². The zero-order valence-corrected chi connectivity index (χ0v) is 12.1. The van der Waals surface area contributed by atoms with E-state index >= 15 is 0 Å². The predicted octanol–water partition coefficient (Wildman–Crippen LogP) is 2.29. The van der Waals surface area contributed by atoms with Crippen molar-refractivity contribution in [3.63, 3.8) is 0 Å². The SMILES string of the molecule is CN(C)c1cccc(NCc2nnc3n2CCCC3)c1. The summed E-state index contributed by atoms with van der Waals surface area (Å²) >= 11 is 0. The van der Waals surface area contributed by atoms with Crippen molar-refractivity contribution in [2.24, 2.45) is 0 Å².